The van der Waals surface area contributed by atoms with Crippen LogP contribution in [0.1, 0.15) is 0 Å². The molecule has 0 aliphatic heterocycles. The highest BCUT2D eigenvalue weighted by atomic mass is 28.5. The van der Waals surface area contributed by atoms with Crippen LogP contribution in [-0.4, -0.2) is 36.8 Å². The second kappa shape index (κ2) is 4.49. The average Bonchev–Trinajstić information content (AvgIpc) is 1.71. The Hall–Kier alpha value is 0.828. The Kier molecular flexibility index (Phi) is 4.73. The molecule has 97 valence electrons. The summed E-state index contributed by atoms with van der Waals surface area (Å²) in [5.41, 5.74) is 0. The van der Waals surface area contributed by atoms with Crippen molar-refractivity contribution < 1.29 is 3.15 Å². The monoisotopic (exact) mass is 291 g/mol. The van der Waals surface area contributed by atoms with Crippen LogP contribution >= 0.6 is 0 Å². The Morgan fingerprint density at radius 1 is 0.562 bits per heavy atom. The minimum Gasteiger partial charge on any atom is -0.572 e. The molecule has 0 aromatic rings. The zero-order valence-electron chi connectivity index (χ0n) is 13.4. The standard InChI is InChI=1S/C11H33NSi4/c1-13(2)12(14(3,4)5,15(6,7)8)16(9,10)11/h1-11H3/q+1. The minimum absolute atomic E-state index is 0.282. The Labute approximate surface area is 109 Å². The minimum atomic E-state index is -1.16. The lowest BCUT2D eigenvalue weighted by Crippen LogP contribution is -2.87. The summed E-state index contributed by atoms with van der Waals surface area (Å²) in [6.07, 6.45) is 0. The highest BCUT2D eigenvalue weighted by molar-refractivity contribution is 7.01. The van der Waals surface area contributed by atoms with Crippen LogP contribution in [-0.2, 0) is 0 Å². The maximum Gasteiger partial charge on any atom is 0.277 e. The van der Waals surface area contributed by atoms with Gasteiger partial charge in [0.05, 0.1) is 0 Å². The molecular formula is C11H33NSi4+. The largest absolute Gasteiger partial charge is 0.572 e. The first-order chi connectivity index (χ1) is 6.69. The van der Waals surface area contributed by atoms with Crippen LogP contribution < -0.4 is 0 Å². The third-order valence-electron chi connectivity index (χ3n) is 3.69. The van der Waals surface area contributed by atoms with Gasteiger partial charge in [-0.1, -0.05) is 0 Å². The van der Waals surface area contributed by atoms with Crippen molar-refractivity contribution in [2.75, 3.05) is 0 Å². The Morgan fingerprint density at radius 3 is 0.750 bits per heavy atom. The molecular weight excluding hydrogens is 258 g/mol. The molecule has 1 radical (unpaired) electrons. The molecule has 0 rings (SSSR count). The summed E-state index contributed by atoms with van der Waals surface area (Å²) in [6.45, 7) is 28.6. The van der Waals surface area contributed by atoms with Crippen molar-refractivity contribution in [2.24, 2.45) is 0 Å². The fourth-order valence-electron chi connectivity index (χ4n) is 5.03. The molecule has 16 heavy (non-hydrogen) atoms. The van der Waals surface area contributed by atoms with Gasteiger partial charge in [0, 0.05) is 0 Å². The van der Waals surface area contributed by atoms with Gasteiger partial charge in [0.15, 0.2) is 0 Å². The lowest BCUT2D eigenvalue weighted by molar-refractivity contribution is -0.483. The molecule has 0 aliphatic carbocycles. The molecule has 0 saturated heterocycles. The van der Waals surface area contributed by atoms with E-state index in [-0.39, 0.29) is 8.96 Å². The summed E-state index contributed by atoms with van der Waals surface area (Å²) < 4.78 is 1.64. The van der Waals surface area contributed by atoms with Crippen molar-refractivity contribution in [1.29, 1.82) is 0 Å². The molecule has 0 aromatic carbocycles. The maximum atomic E-state index is 2.61. The molecule has 5 heteroatoms. The van der Waals surface area contributed by atoms with Gasteiger partial charge in [0.1, 0.15) is 0 Å². The molecule has 0 atom stereocenters. The highest BCUT2D eigenvalue weighted by Gasteiger charge is 2.59. The predicted molar refractivity (Wildman–Crippen MR) is 87.8 cm³/mol. The van der Waals surface area contributed by atoms with Gasteiger partial charge >= 0.3 is 0 Å². The molecule has 1 nitrogen and oxygen atoms in total. The molecule has 0 aliphatic rings. The van der Waals surface area contributed by atoms with Crippen molar-refractivity contribution in [3.8, 4) is 0 Å². The van der Waals surface area contributed by atoms with E-state index in [2.05, 4.69) is 72.0 Å². The van der Waals surface area contributed by atoms with E-state index in [9.17, 15) is 0 Å². The fourth-order valence-corrected chi connectivity index (χ4v) is 45.3. The Balaban J connectivity index is 6.05. The van der Waals surface area contributed by atoms with Gasteiger partial charge < -0.3 is 3.15 Å². The van der Waals surface area contributed by atoms with Crippen molar-refractivity contribution >= 4 is 33.7 Å². The smallest absolute Gasteiger partial charge is 0.277 e. The van der Waals surface area contributed by atoms with Crippen LogP contribution in [0.3, 0.4) is 0 Å². The normalized spacial score (nSPS) is 15.8. The van der Waals surface area contributed by atoms with Gasteiger partial charge in [-0.3, -0.25) is 0 Å². The van der Waals surface area contributed by atoms with E-state index in [4.69, 9.17) is 0 Å². The van der Waals surface area contributed by atoms with Gasteiger partial charge in [-0.15, -0.1) is 0 Å². The van der Waals surface area contributed by atoms with E-state index in [0.717, 1.165) is 0 Å². The topological polar surface area (TPSA) is 0 Å². The molecule has 0 bridgehead atoms. The van der Waals surface area contributed by atoms with Crippen molar-refractivity contribution in [3.05, 3.63) is 0 Å². The van der Waals surface area contributed by atoms with E-state index >= 15 is 0 Å². The van der Waals surface area contributed by atoms with Gasteiger partial charge in [-0.05, 0) is 72.0 Å². The highest BCUT2D eigenvalue weighted by Crippen LogP contribution is 2.39. The Bertz CT molecular complexity index is 206. The van der Waals surface area contributed by atoms with E-state index in [0.29, 0.717) is 0 Å². The van der Waals surface area contributed by atoms with Crippen LogP contribution in [0.15, 0.2) is 0 Å². The molecule has 0 aromatic heterocycles. The SMILES string of the molecule is C[Si](C)[N+]([Si](C)(C)C)([Si](C)(C)C)[Si](C)(C)C. The average molecular weight is 292 g/mol. The quantitative estimate of drug-likeness (QED) is 0.666. The van der Waals surface area contributed by atoms with Gasteiger partial charge in [0.25, 0.3) is 8.96 Å². The molecule has 0 spiro atoms. The second-order valence-electron chi connectivity index (χ2n) is 8.13. The summed E-state index contributed by atoms with van der Waals surface area (Å²) in [4.78, 5) is 0. The van der Waals surface area contributed by atoms with E-state index < -0.39 is 24.7 Å². The number of hydrogen-bond acceptors (Lipinski definition) is 0. The molecule has 0 heterocycles. The van der Waals surface area contributed by atoms with Crippen LogP contribution in [0.2, 0.25) is 72.0 Å². The lowest BCUT2D eigenvalue weighted by atomic mass is 11.8. The van der Waals surface area contributed by atoms with E-state index in [1.54, 1.807) is 3.15 Å². The zero-order chi connectivity index (χ0) is 13.6. The maximum absolute atomic E-state index is 2.61. The Morgan fingerprint density at radius 2 is 0.750 bits per heavy atom. The van der Waals surface area contributed by atoms with Crippen LogP contribution in [0.4, 0.5) is 0 Å². The third kappa shape index (κ3) is 2.48. The molecule has 0 amide bonds. The van der Waals surface area contributed by atoms with E-state index in [1.807, 2.05) is 0 Å². The van der Waals surface area contributed by atoms with Crippen molar-refractivity contribution in [1.82, 2.24) is 0 Å². The number of nitrogens with zero attached hydrogens (tertiary/aromatic N) is 1. The predicted octanol–water partition coefficient (Wildman–Crippen LogP) is 4.56. The second-order valence-corrected chi connectivity index (χ2v) is 28.4. The molecule has 0 N–H and O–H groups in total. The summed E-state index contributed by atoms with van der Waals surface area (Å²) >= 11 is 0. The van der Waals surface area contributed by atoms with Crippen LogP contribution in [0.25, 0.3) is 0 Å². The summed E-state index contributed by atoms with van der Waals surface area (Å²) in [5, 5.41) is 0. The summed E-state index contributed by atoms with van der Waals surface area (Å²) in [7, 11) is -3.78. The first-order valence-electron chi connectivity index (χ1n) is 6.39. The lowest BCUT2D eigenvalue weighted by Gasteiger charge is -2.69. The number of quaternary nitrogens is 1. The molecule has 0 unspecified atom stereocenters. The van der Waals surface area contributed by atoms with Crippen LogP contribution in [0.5, 0.6) is 0 Å². The molecule has 0 saturated carbocycles. The van der Waals surface area contributed by atoms with Crippen molar-refractivity contribution in [2.45, 2.75) is 72.0 Å². The fraction of sp³-hybridized carbons (Fsp3) is 1.00. The number of hydrogen-bond donors (Lipinski definition) is 0. The zero-order valence-corrected chi connectivity index (χ0v) is 17.4. The van der Waals surface area contributed by atoms with Crippen molar-refractivity contribution in [3.63, 3.8) is 0 Å². The number of rotatable bonds is 4. The third-order valence-corrected chi connectivity index (χ3v) is 33.2. The van der Waals surface area contributed by atoms with Gasteiger partial charge in [-0.2, -0.15) is 0 Å². The van der Waals surface area contributed by atoms with Crippen LogP contribution in [0, 0.1) is 0 Å². The van der Waals surface area contributed by atoms with Gasteiger partial charge in [-0.25, -0.2) is 0 Å². The first-order valence-corrected chi connectivity index (χ1v) is 19.2. The summed E-state index contributed by atoms with van der Waals surface area (Å²) in [5.74, 6) is 0. The molecule has 0 fully saturated rings. The summed E-state index contributed by atoms with van der Waals surface area (Å²) in [6, 6.07) is 0. The van der Waals surface area contributed by atoms with E-state index in [1.165, 1.54) is 0 Å². The van der Waals surface area contributed by atoms with Gasteiger partial charge in [0.2, 0.25) is 24.7 Å². The first kappa shape index (κ1) is 16.8.